The van der Waals surface area contributed by atoms with Crippen LogP contribution in [0.15, 0.2) is 30.3 Å². The number of carbonyl (C=O) groups excluding carboxylic acids is 1. The molecule has 0 fully saturated rings. The minimum atomic E-state index is -0.142. The Labute approximate surface area is 151 Å². The summed E-state index contributed by atoms with van der Waals surface area (Å²) in [6.45, 7) is 6.04. The van der Waals surface area contributed by atoms with Gasteiger partial charge in [-0.15, -0.1) is 11.3 Å². The zero-order valence-electron chi connectivity index (χ0n) is 15.0. The van der Waals surface area contributed by atoms with Gasteiger partial charge < -0.3 is 5.32 Å². The van der Waals surface area contributed by atoms with Gasteiger partial charge in [0.15, 0.2) is 0 Å². The molecule has 3 aromatic rings. The van der Waals surface area contributed by atoms with E-state index in [9.17, 15) is 4.79 Å². The fourth-order valence-corrected chi connectivity index (χ4v) is 3.57. The number of thiazole rings is 1. The maximum absolute atomic E-state index is 12.6. The highest BCUT2D eigenvalue weighted by Gasteiger charge is 2.18. The van der Waals surface area contributed by atoms with E-state index in [4.69, 9.17) is 0 Å². The summed E-state index contributed by atoms with van der Waals surface area (Å²) in [6.07, 6.45) is 1.84. The van der Waals surface area contributed by atoms with E-state index in [1.54, 1.807) is 4.68 Å². The molecule has 3 rings (SSSR count). The van der Waals surface area contributed by atoms with Gasteiger partial charge in [-0.1, -0.05) is 38.1 Å². The van der Waals surface area contributed by atoms with Crippen LogP contribution < -0.4 is 5.32 Å². The molecule has 0 aliphatic rings. The van der Waals surface area contributed by atoms with Crippen molar-refractivity contribution in [3.05, 3.63) is 52.2 Å². The molecule has 0 saturated heterocycles. The van der Waals surface area contributed by atoms with Gasteiger partial charge in [0.25, 0.3) is 5.91 Å². The molecule has 0 saturated carbocycles. The van der Waals surface area contributed by atoms with E-state index in [1.165, 1.54) is 16.9 Å². The molecule has 0 radical (unpaired) electrons. The molecule has 5 nitrogen and oxygen atoms in total. The number of nitrogens with zero attached hydrogens (tertiary/aromatic N) is 3. The number of rotatable bonds is 5. The largest absolute Gasteiger partial charge is 0.306 e. The number of hydrogen-bond acceptors (Lipinski definition) is 4. The molecule has 25 heavy (non-hydrogen) atoms. The molecule has 1 aromatic carbocycles. The van der Waals surface area contributed by atoms with Crippen LogP contribution in [0.25, 0.3) is 10.6 Å². The lowest BCUT2D eigenvalue weighted by Gasteiger charge is -2.03. The van der Waals surface area contributed by atoms with Crippen LogP contribution in [-0.4, -0.2) is 20.7 Å². The maximum atomic E-state index is 12.6. The second kappa shape index (κ2) is 7.19. The van der Waals surface area contributed by atoms with Gasteiger partial charge in [0.05, 0.1) is 11.4 Å². The highest BCUT2D eigenvalue weighted by Crippen LogP contribution is 2.29. The topological polar surface area (TPSA) is 59.8 Å². The highest BCUT2D eigenvalue weighted by molar-refractivity contribution is 7.17. The van der Waals surface area contributed by atoms with Gasteiger partial charge in [0, 0.05) is 18.7 Å². The van der Waals surface area contributed by atoms with E-state index >= 15 is 0 Å². The van der Waals surface area contributed by atoms with Crippen LogP contribution in [0.5, 0.6) is 0 Å². The number of amides is 1. The predicted molar refractivity (Wildman–Crippen MR) is 102 cm³/mol. The monoisotopic (exact) mass is 354 g/mol. The van der Waals surface area contributed by atoms with Crippen molar-refractivity contribution in [2.75, 3.05) is 5.32 Å². The first-order valence-corrected chi connectivity index (χ1v) is 9.24. The molecule has 0 aliphatic heterocycles. The fourth-order valence-electron chi connectivity index (χ4n) is 2.60. The molecule has 0 unspecified atom stereocenters. The summed E-state index contributed by atoms with van der Waals surface area (Å²) in [5, 5.41) is 8.16. The van der Waals surface area contributed by atoms with Gasteiger partial charge in [-0.3, -0.25) is 9.48 Å². The van der Waals surface area contributed by atoms with Crippen LogP contribution in [0.3, 0.4) is 0 Å². The maximum Gasteiger partial charge on any atom is 0.268 e. The summed E-state index contributed by atoms with van der Waals surface area (Å²) in [6, 6.07) is 10.2. The average molecular weight is 354 g/mol. The smallest absolute Gasteiger partial charge is 0.268 e. The van der Waals surface area contributed by atoms with Gasteiger partial charge in [-0.25, -0.2) is 4.98 Å². The van der Waals surface area contributed by atoms with Crippen LogP contribution >= 0.6 is 11.3 Å². The van der Waals surface area contributed by atoms with Crippen molar-refractivity contribution < 1.29 is 4.79 Å². The number of benzene rings is 1. The average Bonchev–Trinajstić information content (AvgIpc) is 3.18. The Bertz CT molecular complexity index is 893. The standard InChI is InChI=1S/C19H22N4OS/c1-5-13-7-9-14(10-8-13)19-20-12(3)17(25-19)18(24)21-16-11-15(6-2)22-23(16)4/h7-11H,5-6H2,1-4H3,(H,21,24). The number of hydrogen-bond donors (Lipinski definition) is 1. The number of carbonyl (C=O) groups is 1. The van der Waals surface area contributed by atoms with Crippen molar-refractivity contribution in [1.82, 2.24) is 14.8 Å². The summed E-state index contributed by atoms with van der Waals surface area (Å²) in [5.74, 6) is 0.556. The minimum Gasteiger partial charge on any atom is -0.306 e. The fraction of sp³-hybridized carbons (Fsp3) is 0.316. The number of nitrogens with one attached hydrogen (secondary N) is 1. The molecule has 1 amide bonds. The molecule has 0 atom stereocenters. The Morgan fingerprint density at radius 3 is 2.52 bits per heavy atom. The van der Waals surface area contributed by atoms with Crippen molar-refractivity contribution >= 4 is 23.1 Å². The normalized spacial score (nSPS) is 10.9. The van der Waals surface area contributed by atoms with Gasteiger partial charge in [-0.05, 0) is 25.3 Å². The Balaban J connectivity index is 1.83. The van der Waals surface area contributed by atoms with Gasteiger partial charge >= 0.3 is 0 Å². The van der Waals surface area contributed by atoms with Crippen LogP contribution in [0.2, 0.25) is 0 Å². The van der Waals surface area contributed by atoms with Gasteiger partial charge in [-0.2, -0.15) is 5.10 Å². The van der Waals surface area contributed by atoms with E-state index in [0.29, 0.717) is 10.7 Å². The second-order valence-corrected chi connectivity index (χ2v) is 6.94. The first-order chi connectivity index (χ1) is 12.0. The lowest BCUT2D eigenvalue weighted by molar-refractivity contribution is 0.102. The Hall–Kier alpha value is -2.47. The second-order valence-electron chi connectivity index (χ2n) is 5.94. The lowest BCUT2D eigenvalue weighted by Crippen LogP contribution is -2.14. The van der Waals surface area contributed by atoms with Crippen LogP contribution in [0.4, 0.5) is 5.82 Å². The first kappa shape index (κ1) is 17.4. The molecule has 0 bridgehead atoms. The zero-order chi connectivity index (χ0) is 18.0. The van der Waals surface area contributed by atoms with Crippen molar-refractivity contribution in [3.63, 3.8) is 0 Å². The summed E-state index contributed by atoms with van der Waals surface area (Å²) >= 11 is 1.42. The Kier molecular flexibility index (Phi) is 4.99. The Morgan fingerprint density at radius 2 is 1.92 bits per heavy atom. The Morgan fingerprint density at radius 1 is 1.20 bits per heavy atom. The van der Waals surface area contributed by atoms with Gasteiger partial charge in [0.2, 0.25) is 0 Å². The summed E-state index contributed by atoms with van der Waals surface area (Å²) in [5.41, 5.74) is 4.03. The summed E-state index contributed by atoms with van der Waals surface area (Å²) in [7, 11) is 1.83. The van der Waals surface area contributed by atoms with Crippen molar-refractivity contribution in [3.8, 4) is 10.6 Å². The SMILES string of the molecule is CCc1ccc(-c2nc(C)c(C(=O)Nc3cc(CC)nn3C)s2)cc1. The highest BCUT2D eigenvalue weighted by atomic mass is 32.1. The van der Waals surface area contributed by atoms with Crippen LogP contribution in [-0.2, 0) is 19.9 Å². The minimum absolute atomic E-state index is 0.142. The molecule has 0 spiro atoms. The third kappa shape index (κ3) is 3.64. The first-order valence-electron chi connectivity index (χ1n) is 8.42. The molecule has 130 valence electrons. The summed E-state index contributed by atoms with van der Waals surface area (Å²) in [4.78, 5) is 17.9. The zero-order valence-corrected chi connectivity index (χ0v) is 15.8. The van der Waals surface area contributed by atoms with E-state index in [0.717, 1.165) is 34.8 Å². The van der Waals surface area contributed by atoms with E-state index in [2.05, 4.69) is 46.6 Å². The van der Waals surface area contributed by atoms with Crippen LogP contribution in [0, 0.1) is 6.92 Å². The molecule has 2 heterocycles. The molecular formula is C19H22N4OS. The number of aryl methyl sites for hydroxylation is 4. The van der Waals surface area contributed by atoms with E-state index in [-0.39, 0.29) is 5.91 Å². The van der Waals surface area contributed by atoms with Gasteiger partial charge in [0.1, 0.15) is 15.7 Å². The predicted octanol–water partition coefficient (Wildman–Crippen LogP) is 4.23. The molecular weight excluding hydrogens is 332 g/mol. The van der Waals surface area contributed by atoms with Crippen molar-refractivity contribution in [2.24, 2.45) is 7.05 Å². The van der Waals surface area contributed by atoms with E-state index < -0.39 is 0 Å². The molecule has 2 aromatic heterocycles. The third-order valence-corrected chi connectivity index (χ3v) is 5.35. The molecule has 6 heteroatoms. The van der Waals surface area contributed by atoms with Crippen molar-refractivity contribution in [2.45, 2.75) is 33.6 Å². The summed E-state index contributed by atoms with van der Waals surface area (Å²) < 4.78 is 1.69. The molecule has 0 aliphatic carbocycles. The third-order valence-electron chi connectivity index (χ3n) is 4.15. The van der Waals surface area contributed by atoms with E-state index in [1.807, 2.05) is 27.0 Å². The number of aromatic nitrogens is 3. The molecule has 1 N–H and O–H groups in total. The van der Waals surface area contributed by atoms with Crippen LogP contribution in [0.1, 0.15) is 40.5 Å². The van der Waals surface area contributed by atoms with Crippen molar-refractivity contribution in [1.29, 1.82) is 0 Å². The quantitative estimate of drug-likeness (QED) is 0.746. The number of anilines is 1. The lowest BCUT2D eigenvalue weighted by atomic mass is 10.1.